The second-order valence-corrected chi connectivity index (χ2v) is 3.84. The van der Waals surface area contributed by atoms with Crippen LogP contribution in [0.15, 0.2) is 0 Å². The summed E-state index contributed by atoms with van der Waals surface area (Å²) in [7, 11) is 0. The summed E-state index contributed by atoms with van der Waals surface area (Å²) in [5.74, 6) is 0. The zero-order chi connectivity index (χ0) is 8.48. The molecule has 1 fully saturated rings. The highest BCUT2D eigenvalue weighted by Gasteiger charge is 2.36. The summed E-state index contributed by atoms with van der Waals surface area (Å²) in [5.41, 5.74) is 6.20. The molecule has 1 heterocycles. The molecule has 2 nitrogen and oxygen atoms in total. The minimum atomic E-state index is 0.248. The van der Waals surface area contributed by atoms with Gasteiger partial charge in [0.25, 0.3) is 0 Å². The van der Waals surface area contributed by atoms with Gasteiger partial charge in [-0.15, -0.1) is 0 Å². The van der Waals surface area contributed by atoms with E-state index in [2.05, 4.69) is 25.7 Å². The van der Waals surface area contributed by atoms with Crippen LogP contribution >= 0.6 is 0 Å². The minimum Gasteiger partial charge on any atom is -0.326 e. The molecule has 0 spiro atoms. The average molecular weight is 156 g/mol. The number of rotatable bonds is 3. The van der Waals surface area contributed by atoms with Crippen LogP contribution in [0.3, 0.4) is 0 Å². The molecule has 1 aliphatic heterocycles. The van der Waals surface area contributed by atoms with Crippen molar-refractivity contribution in [3.05, 3.63) is 0 Å². The van der Waals surface area contributed by atoms with Crippen molar-refractivity contribution in [3.63, 3.8) is 0 Å². The first-order valence-electron chi connectivity index (χ1n) is 4.62. The van der Waals surface area contributed by atoms with Crippen LogP contribution in [0.2, 0.25) is 0 Å². The van der Waals surface area contributed by atoms with E-state index in [4.69, 9.17) is 5.73 Å². The predicted molar refractivity (Wildman–Crippen MR) is 48.5 cm³/mol. The van der Waals surface area contributed by atoms with E-state index in [-0.39, 0.29) is 11.6 Å². The summed E-state index contributed by atoms with van der Waals surface area (Å²) >= 11 is 0. The Morgan fingerprint density at radius 3 is 2.18 bits per heavy atom. The maximum atomic E-state index is 5.95. The monoisotopic (exact) mass is 156 g/mol. The van der Waals surface area contributed by atoms with Gasteiger partial charge >= 0.3 is 0 Å². The maximum absolute atomic E-state index is 5.95. The number of nitrogens with zero attached hydrogens (tertiary/aromatic N) is 1. The fourth-order valence-electron chi connectivity index (χ4n) is 1.66. The Morgan fingerprint density at radius 2 is 2.09 bits per heavy atom. The van der Waals surface area contributed by atoms with Crippen LogP contribution in [0.4, 0.5) is 0 Å². The first kappa shape index (κ1) is 9.01. The smallest absolute Gasteiger partial charge is 0.0326 e. The number of hydrogen-bond donors (Lipinski definition) is 1. The lowest BCUT2D eigenvalue weighted by Gasteiger charge is -2.48. The SMILES string of the molecule is CCC(C)(C(C)N)N1CCC1. The molecule has 0 aromatic heterocycles. The summed E-state index contributed by atoms with van der Waals surface area (Å²) in [6, 6.07) is 0.285. The molecule has 2 N–H and O–H groups in total. The molecule has 11 heavy (non-hydrogen) atoms. The van der Waals surface area contributed by atoms with Gasteiger partial charge < -0.3 is 5.73 Å². The lowest BCUT2D eigenvalue weighted by Crippen LogP contribution is -2.61. The molecule has 0 aliphatic carbocycles. The molecule has 0 saturated carbocycles. The summed E-state index contributed by atoms with van der Waals surface area (Å²) in [6.45, 7) is 9.10. The van der Waals surface area contributed by atoms with E-state index in [1.165, 1.54) is 19.5 Å². The highest BCUT2D eigenvalue weighted by molar-refractivity contribution is 4.95. The lowest BCUT2D eigenvalue weighted by atomic mass is 9.86. The second kappa shape index (κ2) is 3.11. The Morgan fingerprint density at radius 1 is 1.55 bits per heavy atom. The summed E-state index contributed by atoms with van der Waals surface area (Å²) in [5, 5.41) is 0. The van der Waals surface area contributed by atoms with Crippen molar-refractivity contribution in [1.82, 2.24) is 4.90 Å². The van der Waals surface area contributed by atoms with Gasteiger partial charge in [0, 0.05) is 11.6 Å². The predicted octanol–water partition coefficient (Wildman–Crippen LogP) is 1.21. The molecule has 0 aromatic carbocycles. The first-order chi connectivity index (χ1) is 5.11. The van der Waals surface area contributed by atoms with Gasteiger partial charge in [-0.3, -0.25) is 4.90 Å². The number of likely N-dealkylation sites (tertiary alicyclic amines) is 1. The second-order valence-electron chi connectivity index (χ2n) is 3.84. The van der Waals surface area contributed by atoms with Crippen LogP contribution in [0.1, 0.15) is 33.6 Å². The van der Waals surface area contributed by atoms with Crippen molar-refractivity contribution in [1.29, 1.82) is 0 Å². The highest BCUT2D eigenvalue weighted by atomic mass is 15.2. The summed E-state index contributed by atoms with van der Waals surface area (Å²) in [4.78, 5) is 2.50. The highest BCUT2D eigenvalue weighted by Crippen LogP contribution is 2.27. The normalized spacial score (nSPS) is 27.3. The molecule has 2 unspecified atom stereocenters. The van der Waals surface area contributed by atoms with E-state index >= 15 is 0 Å². The molecular weight excluding hydrogens is 136 g/mol. The van der Waals surface area contributed by atoms with E-state index in [1.807, 2.05) is 0 Å². The third-order valence-corrected chi connectivity index (χ3v) is 3.28. The molecule has 66 valence electrons. The Hall–Kier alpha value is -0.0800. The first-order valence-corrected chi connectivity index (χ1v) is 4.62. The number of hydrogen-bond acceptors (Lipinski definition) is 2. The van der Waals surface area contributed by atoms with Gasteiger partial charge in [-0.25, -0.2) is 0 Å². The van der Waals surface area contributed by atoms with Gasteiger partial charge in [0.05, 0.1) is 0 Å². The third kappa shape index (κ3) is 1.42. The Bertz CT molecular complexity index is 130. The minimum absolute atomic E-state index is 0.248. The van der Waals surface area contributed by atoms with Gasteiger partial charge in [0.2, 0.25) is 0 Å². The summed E-state index contributed by atoms with van der Waals surface area (Å²) < 4.78 is 0. The van der Waals surface area contributed by atoms with Crippen LogP contribution < -0.4 is 5.73 Å². The molecule has 2 atom stereocenters. The molecule has 0 radical (unpaired) electrons. The zero-order valence-electron chi connectivity index (χ0n) is 7.93. The van der Waals surface area contributed by atoms with E-state index in [1.54, 1.807) is 0 Å². The summed E-state index contributed by atoms with van der Waals surface area (Å²) in [6.07, 6.45) is 2.51. The largest absolute Gasteiger partial charge is 0.326 e. The quantitative estimate of drug-likeness (QED) is 0.665. The Labute approximate surface area is 69.8 Å². The van der Waals surface area contributed by atoms with Crippen molar-refractivity contribution in [3.8, 4) is 0 Å². The van der Waals surface area contributed by atoms with Crippen molar-refractivity contribution in [2.45, 2.75) is 45.2 Å². The van der Waals surface area contributed by atoms with Gasteiger partial charge in [-0.2, -0.15) is 0 Å². The third-order valence-electron chi connectivity index (χ3n) is 3.28. The van der Waals surface area contributed by atoms with Gasteiger partial charge in [0.1, 0.15) is 0 Å². The topological polar surface area (TPSA) is 29.3 Å². The standard InChI is InChI=1S/C9H20N2/c1-4-9(3,8(2)10)11-6-5-7-11/h8H,4-7,10H2,1-3H3. The average Bonchev–Trinajstić information content (AvgIpc) is 1.83. The van der Waals surface area contributed by atoms with E-state index < -0.39 is 0 Å². The molecule has 0 bridgehead atoms. The fraction of sp³-hybridized carbons (Fsp3) is 1.00. The van der Waals surface area contributed by atoms with Crippen LogP contribution in [0, 0.1) is 0 Å². The van der Waals surface area contributed by atoms with Crippen LogP contribution in [-0.2, 0) is 0 Å². The van der Waals surface area contributed by atoms with Crippen molar-refractivity contribution in [2.24, 2.45) is 5.73 Å². The van der Waals surface area contributed by atoms with Crippen molar-refractivity contribution >= 4 is 0 Å². The zero-order valence-corrected chi connectivity index (χ0v) is 7.93. The van der Waals surface area contributed by atoms with E-state index in [0.717, 1.165) is 6.42 Å². The lowest BCUT2D eigenvalue weighted by molar-refractivity contribution is 0.0237. The molecule has 1 rings (SSSR count). The molecule has 1 saturated heterocycles. The molecule has 2 heteroatoms. The van der Waals surface area contributed by atoms with E-state index in [0.29, 0.717) is 0 Å². The van der Waals surface area contributed by atoms with Gasteiger partial charge in [-0.05, 0) is 39.8 Å². The van der Waals surface area contributed by atoms with Crippen LogP contribution in [-0.4, -0.2) is 29.6 Å². The Kier molecular flexibility index (Phi) is 2.55. The molecule has 1 aliphatic rings. The van der Waals surface area contributed by atoms with Crippen molar-refractivity contribution in [2.75, 3.05) is 13.1 Å². The fourth-order valence-corrected chi connectivity index (χ4v) is 1.66. The van der Waals surface area contributed by atoms with E-state index in [9.17, 15) is 0 Å². The molecular formula is C9H20N2. The van der Waals surface area contributed by atoms with Crippen molar-refractivity contribution < 1.29 is 0 Å². The van der Waals surface area contributed by atoms with Crippen LogP contribution in [0.25, 0.3) is 0 Å². The van der Waals surface area contributed by atoms with Gasteiger partial charge in [0.15, 0.2) is 0 Å². The van der Waals surface area contributed by atoms with Crippen LogP contribution in [0.5, 0.6) is 0 Å². The molecule has 0 aromatic rings. The Balaban J connectivity index is 2.57. The van der Waals surface area contributed by atoms with Gasteiger partial charge in [-0.1, -0.05) is 6.92 Å². The molecule has 0 amide bonds. The maximum Gasteiger partial charge on any atom is 0.0326 e. The number of nitrogens with two attached hydrogens (primary N) is 1.